The minimum absolute atomic E-state index is 0.0508. The lowest BCUT2D eigenvalue weighted by Gasteiger charge is -2.11. The zero-order chi connectivity index (χ0) is 22.2. The molecule has 0 bridgehead atoms. The molecule has 12 heteroatoms. The van der Waals surface area contributed by atoms with Gasteiger partial charge in [-0.1, -0.05) is 5.16 Å². The second-order valence-corrected chi connectivity index (χ2v) is 5.76. The molecule has 0 fully saturated rings. The normalized spacial score (nSPS) is 11.3. The predicted molar refractivity (Wildman–Crippen MR) is 98.1 cm³/mol. The van der Waals surface area contributed by atoms with Crippen LogP contribution in [-0.2, 0) is 11.3 Å². The fourth-order valence-corrected chi connectivity index (χ4v) is 2.36. The second-order valence-electron chi connectivity index (χ2n) is 5.76. The van der Waals surface area contributed by atoms with Gasteiger partial charge >= 0.3 is 13.2 Å². The second kappa shape index (κ2) is 10.2. The molecule has 2 heterocycles. The summed E-state index contributed by atoms with van der Waals surface area (Å²) in [6, 6.07) is 6.56. The summed E-state index contributed by atoms with van der Waals surface area (Å²) in [5.41, 5.74) is 0.733. The Morgan fingerprint density at radius 3 is 2.55 bits per heavy atom. The van der Waals surface area contributed by atoms with Crippen LogP contribution >= 0.6 is 0 Å². The smallest absolute Gasteiger partial charge is 0.387 e. The number of rotatable bonds is 9. The maximum absolute atomic E-state index is 12.6. The Labute approximate surface area is 172 Å². The van der Waals surface area contributed by atoms with E-state index in [0.29, 0.717) is 11.4 Å². The molecule has 0 saturated heterocycles. The summed E-state index contributed by atoms with van der Waals surface area (Å²) >= 11 is 0. The van der Waals surface area contributed by atoms with Crippen LogP contribution in [0.3, 0.4) is 0 Å². The fraction of sp³-hybridized carbons (Fsp3) is 0.158. The maximum Gasteiger partial charge on any atom is 0.387 e. The van der Waals surface area contributed by atoms with E-state index in [1.807, 2.05) is 0 Å². The van der Waals surface area contributed by atoms with Crippen LogP contribution in [0.4, 0.5) is 17.6 Å². The molecule has 8 nitrogen and oxygen atoms in total. The summed E-state index contributed by atoms with van der Waals surface area (Å²) in [6.45, 7) is -6.41. The lowest BCUT2D eigenvalue weighted by atomic mass is 10.1. The van der Waals surface area contributed by atoms with Crippen molar-refractivity contribution in [2.45, 2.75) is 19.8 Å². The molecule has 1 aromatic carbocycles. The van der Waals surface area contributed by atoms with Crippen molar-refractivity contribution in [3.63, 3.8) is 0 Å². The summed E-state index contributed by atoms with van der Waals surface area (Å²) in [5.74, 6) is -0.935. The van der Waals surface area contributed by atoms with E-state index in [9.17, 15) is 22.4 Å². The number of amides is 1. The van der Waals surface area contributed by atoms with Gasteiger partial charge in [0.2, 0.25) is 17.6 Å². The lowest BCUT2D eigenvalue weighted by molar-refractivity contribution is -0.116. The molecule has 0 atom stereocenters. The number of carbonyl (C=O) groups excluding carboxylic acids is 1. The number of alkyl halides is 4. The first kappa shape index (κ1) is 21.7. The summed E-state index contributed by atoms with van der Waals surface area (Å²) in [7, 11) is 0. The first-order valence-corrected chi connectivity index (χ1v) is 8.63. The number of hydrogen-bond acceptors (Lipinski definition) is 7. The Balaban J connectivity index is 1.62. The van der Waals surface area contributed by atoms with Crippen molar-refractivity contribution in [1.82, 2.24) is 20.4 Å². The third-order valence-electron chi connectivity index (χ3n) is 3.66. The van der Waals surface area contributed by atoms with Crippen LogP contribution in [0.25, 0.3) is 17.5 Å². The minimum atomic E-state index is -3.20. The van der Waals surface area contributed by atoms with E-state index in [4.69, 9.17) is 4.52 Å². The summed E-state index contributed by atoms with van der Waals surface area (Å²) in [6.07, 6.45) is 5.35. The number of halogens is 4. The van der Waals surface area contributed by atoms with Crippen LogP contribution in [0.1, 0.15) is 11.5 Å². The quantitative estimate of drug-likeness (QED) is 0.402. The van der Waals surface area contributed by atoms with Crippen LogP contribution in [0.2, 0.25) is 0 Å². The molecule has 0 saturated carbocycles. The number of pyridine rings is 1. The van der Waals surface area contributed by atoms with E-state index >= 15 is 0 Å². The van der Waals surface area contributed by atoms with Crippen molar-refractivity contribution >= 4 is 12.0 Å². The number of nitrogens with zero attached hydrogens (tertiary/aromatic N) is 3. The van der Waals surface area contributed by atoms with Crippen molar-refractivity contribution in [3.8, 4) is 22.9 Å². The number of benzene rings is 1. The van der Waals surface area contributed by atoms with Crippen molar-refractivity contribution in [2.24, 2.45) is 0 Å². The van der Waals surface area contributed by atoms with Gasteiger partial charge in [-0.25, -0.2) is 0 Å². The number of ether oxygens (including phenoxy) is 2. The van der Waals surface area contributed by atoms with Gasteiger partial charge in [-0.15, -0.1) is 0 Å². The number of carbonyl (C=O) groups is 1. The monoisotopic (exact) mass is 438 g/mol. The van der Waals surface area contributed by atoms with Gasteiger partial charge in [0.05, 0.1) is 6.54 Å². The first-order valence-electron chi connectivity index (χ1n) is 8.63. The van der Waals surface area contributed by atoms with Crippen molar-refractivity contribution in [3.05, 3.63) is 60.3 Å². The summed E-state index contributed by atoms with van der Waals surface area (Å²) in [5, 5.41) is 6.27. The Morgan fingerprint density at radius 1 is 1.10 bits per heavy atom. The average Bonchev–Trinajstić information content (AvgIpc) is 3.20. The molecule has 0 aliphatic rings. The van der Waals surface area contributed by atoms with Gasteiger partial charge in [0.25, 0.3) is 0 Å². The molecular weight excluding hydrogens is 424 g/mol. The van der Waals surface area contributed by atoms with E-state index in [1.165, 1.54) is 12.1 Å². The zero-order valence-electron chi connectivity index (χ0n) is 15.5. The van der Waals surface area contributed by atoms with E-state index in [1.54, 1.807) is 24.5 Å². The van der Waals surface area contributed by atoms with Crippen LogP contribution < -0.4 is 14.8 Å². The molecule has 1 N–H and O–H groups in total. The van der Waals surface area contributed by atoms with Gasteiger partial charge in [0, 0.05) is 35.7 Å². The molecular formula is C19H14F4N4O4. The number of aromatic nitrogens is 3. The highest BCUT2D eigenvalue weighted by molar-refractivity contribution is 5.92. The number of hydrogen-bond donors (Lipinski definition) is 1. The van der Waals surface area contributed by atoms with E-state index < -0.39 is 24.9 Å². The molecule has 31 heavy (non-hydrogen) atoms. The maximum atomic E-state index is 12.6. The Hall–Kier alpha value is -3.96. The standard InChI is InChI=1S/C19H14F4N4O4/c20-18(21)29-13-3-1-11(14(9-13)30-19(22)23)2-4-15(28)25-10-16-26-17(27-31-16)12-5-7-24-8-6-12/h1-9,18-19H,10H2,(H,25,28)/b4-2+. The highest BCUT2D eigenvalue weighted by Crippen LogP contribution is 2.28. The van der Waals surface area contributed by atoms with Crippen molar-refractivity contribution < 1.29 is 36.4 Å². The SMILES string of the molecule is O=C(/C=C/c1ccc(OC(F)F)cc1OC(F)F)NCc1nc(-c2ccncc2)no1. The molecule has 162 valence electrons. The molecule has 0 aliphatic carbocycles. The summed E-state index contributed by atoms with van der Waals surface area (Å²) < 4.78 is 63.2. The van der Waals surface area contributed by atoms with Crippen LogP contribution in [-0.4, -0.2) is 34.3 Å². The van der Waals surface area contributed by atoms with Gasteiger partial charge < -0.3 is 19.3 Å². The zero-order valence-corrected chi connectivity index (χ0v) is 15.5. The van der Waals surface area contributed by atoms with Gasteiger partial charge in [-0.05, 0) is 30.3 Å². The van der Waals surface area contributed by atoms with Crippen molar-refractivity contribution in [2.75, 3.05) is 0 Å². The first-order chi connectivity index (χ1) is 14.9. The lowest BCUT2D eigenvalue weighted by Crippen LogP contribution is -2.20. The largest absolute Gasteiger partial charge is 0.435 e. The highest BCUT2D eigenvalue weighted by atomic mass is 19.3. The molecule has 0 spiro atoms. The molecule has 1 amide bonds. The highest BCUT2D eigenvalue weighted by Gasteiger charge is 2.13. The molecule has 0 radical (unpaired) electrons. The Bertz CT molecular complexity index is 1040. The average molecular weight is 438 g/mol. The summed E-state index contributed by atoms with van der Waals surface area (Å²) in [4.78, 5) is 20.0. The van der Waals surface area contributed by atoms with Gasteiger partial charge in [-0.2, -0.15) is 22.5 Å². The predicted octanol–water partition coefficient (Wildman–Crippen LogP) is 3.66. The topological polar surface area (TPSA) is 99.4 Å². The van der Waals surface area contributed by atoms with E-state index in [0.717, 1.165) is 18.2 Å². The van der Waals surface area contributed by atoms with Crippen LogP contribution in [0.15, 0.2) is 53.3 Å². The molecule has 3 rings (SSSR count). The van der Waals surface area contributed by atoms with Gasteiger partial charge in [-0.3, -0.25) is 9.78 Å². The Kier molecular flexibility index (Phi) is 7.14. The molecule has 2 aromatic heterocycles. The minimum Gasteiger partial charge on any atom is -0.435 e. The fourth-order valence-electron chi connectivity index (χ4n) is 2.36. The van der Waals surface area contributed by atoms with Crippen molar-refractivity contribution in [1.29, 1.82) is 0 Å². The number of nitrogens with one attached hydrogen (secondary N) is 1. The molecule has 0 unspecified atom stereocenters. The van der Waals surface area contributed by atoms with E-state index in [2.05, 4.69) is 29.9 Å². The van der Waals surface area contributed by atoms with Gasteiger partial charge in [0.1, 0.15) is 11.5 Å². The van der Waals surface area contributed by atoms with Crippen LogP contribution in [0.5, 0.6) is 11.5 Å². The van der Waals surface area contributed by atoms with Crippen LogP contribution in [0, 0.1) is 0 Å². The van der Waals surface area contributed by atoms with E-state index in [-0.39, 0.29) is 23.7 Å². The van der Waals surface area contributed by atoms with Gasteiger partial charge in [0.15, 0.2) is 0 Å². The molecule has 0 aliphatic heterocycles. The Morgan fingerprint density at radius 2 is 1.84 bits per heavy atom. The third kappa shape index (κ3) is 6.52. The third-order valence-corrected chi connectivity index (χ3v) is 3.66. The molecule has 3 aromatic rings.